The first-order valence-electron chi connectivity index (χ1n) is 20.1. The highest BCUT2D eigenvalue weighted by Crippen LogP contribution is 2.42. The van der Waals surface area contributed by atoms with Gasteiger partial charge >= 0.3 is 0 Å². The molecule has 3 aliphatic heterocycles. The number of rotatable bonds is 11. The topological polar surface area (TPSA) is 158 Å². The van der Waals surface area contributed by atoms with Crippen molar-refractivity contribution in [2.24, 2.45) is 0 Å². The Balaban J connectivity index is 0.889. The van der Waals surface area contributed by atoms with Crippen LogP contribution in [0.2, 0.25) is 0 Å². The number of carbonyl (C=O) groups excluding carboxylic acids is 2. The zero-order chi connectivity index (χ0) is 41.3. The highest BCUT2D eigenvalue weighted by Gasteiger charge is 2.32. The van der Waals surface area contributed by atoms with Crippen LogP contribution in [0.15, 0.2) is 71.6 Å². The Kier molecular flexibility index (Phi) is 12.0. The maximum Gasteiger partial charge on any atom is 0.234 e. The third-order valence-corrected chi connectivity index (χ3v) is 13.8. The van der Waals surface area contributed by atoms with Gasteiger partial charge in [0.1, 0.15) is 24.2 Å². The van der Waals surface area contributed by atoms with Gasteiger partial charge < -0.3 is 24.8 Å². The second-order valence-corrected chi connectivity index (χ2v) is 20.0. The van der Waals surface area contributed by atoms with Crippen LogP contribution in [0.25, 0.3) is 11.0 Å². The van der Waals surface area contributed by atoms with Crippen molar-refractivity contribution in [1.29, 1.82) is 0 Å². The Labute approximate surface area is 353 Å². The number of ether oxygens (including phenoxy) is 1. The van der Waals surface area contributed by atoms with Crippen LogP contribution in [0, 0.1) is 6.92 Å². The molecule has 308 valence electrons. The van der Waals surface area contributed by atoms with E-state index in [-0.39, 0.29) is 17.7 Å². The van der Waals surface area contributed by atoms with Gasteiger partial charge in [-0.3, -0.25) is 34.7 Å². The van der Waals surface area contributed by atoms with E-state index in [1.54, 1.807) is 39.0 Å². The van der Waals surface area contributed by atoms with Crippen LogP contribution in [0.1, 0.15) is 48.3 Å². The molecule has 0 radical (unpaired) electrons. The smallest absolute Gasteiger partial charge is 0.234 e. The van der Waals surface area contributed by atoms with Crippen molar-refractivity contribution in [3.63, 3.8) is 0 Å². The molecule has 3 fully saturated rings. The van der Waals surface area contributed by atoms with Gasteiger partial charge in [0.15, 0.2) is 0 Å². The number of hydrogen-bond donors (Lipinski definition) is 3. The summed E-state index contributed by atoms with van der Waals surface area (Å²) < 4.78 is 20.0. The molecule has 0 spiro atoms. The van der Waals surface area contributed by atoms with E-state index in [2.05, 4.69) is 86.7 Å². The lowest BCUT2D eigenvalue weighted by molar-refractivity contribution is -0.134. The normalized spacial score (nSPS) is 18.5. The average Bonchev–Trinajstić information content (AvgIpc) is 3.22. The van der Waals surface area contributed by atoms with Gasteiger partial charge in [-0.15, -0.1) is 0 Å². The van der Waals surface area contributed by atoms with Crippen molar-refractivity contribution in [1.82, 2.24) is 35.1 Å². The summed E-state index contributed by atoms with van der Waals surface area (Å²) in [6, 6.07) is 16.6. The van der Waals surface area contributed by atoms with Gasteiger partial charge in [-0.05, 0) is 90.3 Å². The third kappa shape index (κ3) is 8.98. The van der Waals surface area contributed by atoms with Crippen molar-refractivity contribution in [3.05, 3.63) is 88.3 Å². The van der Waals surface area contributed by atoms with Crippen molar-refractivity contribution < 1.29 is 18.9 Å². The average molecular weight is 882 g/mol. The third-order valence-electron chi connectivity index (χ3n) is 11.7. The highest BCUT2D eigenvalue weighted by atomic mass is 79.9. The van der Waals surface area contributed by atoms with Crippen molar-refractivity contribution >= 4 is 80.1 Å². The van der Waals surface area contributed by atoms with E-state index in [0.29, 0.717) is 62.9 Å². The predicted molar refractivity (Wildman–Crippen MR) is 236 cm³/mol. The number of nitrogens with one attached hydrogen (secondary N) is 3. The van der Waals surface area contributed by atoms with E-state index in [9.17, 15) is 14.2 Å². The molecule has 59 heavy (non-hydrogen) atoms. The molecule has 0 saturated carbocycles. The maximum atomic E-state index is 13.5. The number of amides is 2. The largest absolute Gasteiger partial charge is 0.494 e. The summed E-state index contributed by atoms with van der Waals surface area (Å²) in [6.45, 7) is 12.3. The Bertz CT molecular complexity index is 2430. The molecule has 5 heterocycles. The molecule has 3 N–H and O–H groups in total. The van der Waals surface area contributed by atoms with Crippen LogP contribution < -0.4 is 30.9 Å². The number of aromatic nitrogens is 4. The molecule has 3 aliphatic rings. The van der Waals surface area contributed by atoms with Gasteiger partial charge in [-0.1, -0.05) is 24.3 Å². The fourth-order valence-electron chi connectivity index (χ4n) is 8.72. The minimum atomic E-state index is -2.77. The van der Waals surface area contributed by atoms with Crippen LogP contribution in [0.4, 0.5) is 28.8 Å². The molecule has 0 bridgehead atoms. The maximum absolute atomic E-state index is 13.5. The first-order chi connectivity index (χ1) is 28.4. The Morgan fingerprint density at radius 1 is 0.915 bits per heavy atom. The van der Waals surface area contributed by atoms with Gasteiger partial charge in [0, 0.05) is 88.6 Å². The van der Waals surface area contributed by atoms with Crippen molar-refractivity contribution in [3.8, 4) is 5.75 Å². The molecule has 1 atom stereocenters. The first-order valence-corrected chi connectivity index (χ1v) is 23.5. The first kappa shape index (κ1) is 40.8. The van der Waals surface area contributed by atoms with Gasteiger partial charge in [-0.2, -0.15) is 4.98 Å². The highest BCUT2D eigenvalue weighted by molar-refractivity contribution is 9.10. The quantitative estimate of drug-likeness (QED) is 0.0972. The number of hydrogen-bond acceptors (Lipinski definition) is 13. The molecule has 2 aromatic heterocycles. The molecule has 8 rings (SSSR count). The SMILES string of the molecule is COc1cc(N2CCC(N3CCN(Cc4ccccc4C4CCC(=O)NC4=O)CC3)CC2)c(C)cc1Nc1ncc(Br)c(Nc2ccc3nccnc3c2P(C)(C)=O)n1. The number of fused-ring (bicyclic) bond motifs is 1. The molecule has 3 aromatic carbocycles. The van der Waals surface area contributed by atoms with Gasteiger partial charge in [0.25, 0.3) is 0 Å². The molecule has 0 aliphatic carbocycles. The Morgan fingerprint density at radius 3 is 2.42 bits per heavy atom. The Hall–Kier alpha value is -4.95. The Morgan fingerprint density at radius 2 is 1.68 bits per heavy atom. The lowest BCUT2D eigenvalue weighted by atomic mass is 9.87. The molecule has 14 nitrogen and oxygen atoms in total. The number of nitrogens with zero attached hydrogens (tertiary/aromatic N) is 7. The van der Waals surface area contributed by atoms with E-state index in [0.717, 1.165) is 81.2 Å². The predicted octanol–water partition coefficient (Wildman–Crippen LogP) is 6.54. The van der Waals surface area contributed by atoms with Crippen LogP contribution >= 0.6 is 23.1 Å². The summed E-state index contributed by atoms with van der Waals surface area (Å²) in [5, 5.41) is 9.88. The summed E-state index contributed by atoms with van der Waals surface area (Å²) in [7, 11) is -1.09. The van der Waals surface area contributed by atoms with E-state index in [1.807, 2.05) is 30.3 Å². The molecule has 16 heteroatoms. The van der Waals surface area contributed by atoms with Gasteiger partial charge in [0.2, 0.25) is 17.8 Å². The van der Waals surface area contributed by atoms with E-state index in [1.165, 1.54) is 5.56 Å². The van der Waals surface area contributed by atoms with Crippen LogP contribution in [0.3, 0.4) is 0 Å². The molecule has 5 aromatic rings. The number of halogens is 1. The van der Waals surface area contributed by atoms with Crippen LogP contribution in [0.5, 0.6) is 5.75 Å². The molecular formula is C43H50BrN10O4P. The zero-order valence-corrected chi connectivity index (χ0v) is 36.4. The zero-order valence-electron chi connectivity index (χ0n) is 33.9. The number of piperazine rings is 1. The number of aryl methyl sites for hydroxylation is 1. The number of piperidine rings is 2. The fourth-order valence-corrected chi connectivity index (χ4v) is 10.4. The second kappa shape index (κ2) is 17.3. The summed E-state index contributed by atoms with van der Waals surface area (Å²) in [5.41, 5.74) is 7.17. The van der Waals surface area contributed by atoms with Crippen LogP contribution in [-0.2, 0) is 20.7 Å². The van der Waals surface area contributed by atoms with Crippen molar-refractivity contribution in [2.45, 2.75) is 51.1 Å². The van der Waals surface area contributed by atoms with Gasteiger partial charge in [-0.25, -0.2) is 4.98 Å². The minimum absolute atomic E-state index is 0.180. The van der Waals surface area contributed by atoms with E-state index in [4.69, 9.17) is 9.72 Å². The number of anilines is 5. The van der Waals surface area contributed by atoms with E-state index < -0.39 is 7.14 Å². The second-order valence-electron chi connectivity index (χ2n) is 15.9. The number of imide groups is 1. The number of carbonyl (C=O) groups is 2. The fraction of sp³-hybridized carbons (Fsp3) is 0.395. The molecular weight excluding hydrogens is 831 g/mol. The summed E-state index contributed by atoms with van der Waals surface area (Å²) in [5.74, 6) is 0.945. The number of benzene rings is 3. The summed E-state index contributed by atoms with van der Waals surface area (Å²) in [4.78, 5) is 50.2. The molecule has 1 unspecified atom stereocenters. The molecule has 3 saturated heterocycles. The van der Waals surface area contributed by atoms with Crippen molar-refractivity contribution in [2.75, 3.05) is 75.2 Å². The standard InChI is InChI=1S/C43H50BrN10O4P/c1-27-23-35(49-43-47-25-32(44)41(51-43)48-34-11-10-33-39(46-16-15-45-33)40(34)59(3,4)57)37(58-2)24-36(27)54-17-13-29(14-18-54)53-21-19-52(20-22-53)26-28-7-5-6-8-30(28)31-9-12-38(55)50-42(31)56/h5-8,10-11,15-16,23-25,29,31H,9,12-14,17-22,26H2,1-4H3,(H,50,55,56)(H2,47,48,49,51). The number of methoxy groups -OCH3 is 1. The summed E-state index contributed by atoms with van der Waals surface area (Å²) in [6.07, 6.45) is 8.03. The van der Waals surface area contributed by atoms with Crippen LogP contribution in [-0.4, -0.2) is 107 Å². The summed E-state index contributed by atoms with van der Waals surface area (Å²) >= 11 is 3.59. The molecule has 2 amide bonds. The lowest BCUT2D eigenvalue weighted by Crippen LogP contribution is -2.53. The van der Waals surface area contributed by atoms with Gasteiger partial charge in [0.05, 0.1) is 39.7 Å². The van der Waals surface area contributed by atoms with E-state index >= 15 is 0 Å². The lowest BCUT2D eigenvalue weighted by Gasteiger charge is -2.43. The minimum Gasteiger partial charge on any atom is -0.494 e. The monoisotopic (exact) mass is 880 g/mol.